The molecule has 2 aromatic rings. The van der Waals surface area contributed by atoms with E-state index in [1.165, 1.54) is 25.7 Å². The van der Waals surface area contributed by atoms with Gasteiger partial charge in [0.15, 0.2) is 0 Å². The average Bonchev–Trinajstić information content (AvgIpc) is 2.80. The van der Waals surface area contributed by atoms with E-state index in [4.69, 9.17) is 0 Å². The fraction of sp³-hybridized carbons (Fsp3) is 0.571. The van der Waals surface area contributed by atoms with E-state index in [-0.39, 0.29) is 18.0 Å². The Morgan fingerprint density at radius 2 is 1.83 bits per heavy atom. The second-order valence-corrected chi connectivity index (χ2v) is 11.5. The van der Waals surface area contributed by atoms with Gasteiger partial charge < -0.3 is 20.5 Å². The van der Waals surface area contributed by atoms with Crippen LogP contribution in [-0.2, 0) is 6.54 Å². The van der Waals surface area contributed by atoms with Crippen LogP contribution in [0.15, 0.2) is 27.9 Å². The van der Waals surface area contributed by atoms with Crippen LogP contribution in [0.25, 0.3) is 0 Å². The van der Waals surface area contributed by atoms with Crippen LogP contribution < -0.4 is 16.2 Å². The highest BCUT2D eigenvalue weighted by Gasteiger charge is 2.27. The lowest BCUT2D eigenvalue weighted by molar-refractivity contribution is 0.0950. The highest BCUT2D eigenvalue weighted by molar-refractivity contribution is 7.99. The van der Waals surface area contributed by atoms with Crippen molar-refractivity contribution in [1.82, 2.24) is 15.2 Å². The highest BCUT2D eigenvalue weighted by atomic mass is 32.2. The number of aromatic amines is 1. The lowest BCUT2D eigenvalue weighted by atomic mass is 9.81. The maximum absolute atomic E-state index is 13.3. The molecule has 1 aliphatic carbocycles. The Morgan fingerprint density at radius 1 is 1.14 bits per heavy atom. The van der Waals surface area contributed by atoms with Gasteiger partial charge in [0.2, 0.25) is 0 Å². The predicted octanol–water partition coefficient (Wildman–Crippen LogP) is 5.26. The average molecular weight is 499 g/mol. The molecule has 0 saturated heterocycles. The summed E-state index contributed by atoms with van der Waals surface area (Å²) in [4.78, 5) is 31.9. The van der Waals surface area contributed by atoms with E-state index >= 15 is 0 Å². The molecule has 192 valence electrons. The fourth-order valence-corrected chi connectivity index (χ4v) is 5.91. The molecule has 0 spiro atoms. The first kappa shape index (κ1) is 27.3. The van der Waals surface area contributed by atoms with Crippen LogP contribution >= 0.6 is 11.8 Å². The smallest absolute Gasteiger partial charge is 0.253 e. The quantitative estimate of drug-likeness (QED) is 0.411. The molecular weight excluding hydrogens is 456 g/mol. The van der Waals surface area contributed by atoms with Gasteiger partial charge in [-0.1, -0.05) is 6.92 Å². The van der Waals surface area contributed by atoms with Crippen LogP contribution in [0.3, 0.4) is 0 Å². The Kier molecular flexibility index (Phi) is 9.47. The minimum absolute atomic E-state index is 0.144. The summed E-state index contributed by atoms with van der Waals surface area (Å²) in [5, 5.41) is 6.74. The molecule has 6 nitrogen and oxygen atoms in total. The Balaban J connectivity index is 1.77. The van der Waals surface area contributed by atoms with Crippen molar-refractivity contribution in [3.05, 3.63) is 56.5 Å². The van der Waals surface area contributed by atoms with Crippen LogP contribution in [0.1, 0.15) is 72.3 Å². The number of hydrogen-bond acceptors (Lipinski definition) is 5. The third-order valence-electron chi connectivity index (χ3n) is 7.42. The monoisotopic (exact) mass is 498 g/mol. The summed E-state index contributed by atoms with van der Waals surface area (Å²) in [6, 6.07) is 7.11. The summed E-state index contributed by atoms with van der Waals surface area (Å²) < 4.78 is 0. The van der Waals surface area contributed by atoms with Crippen LogP contribution in [0.4, 0.5) is 5.69 Å². The lowest BCUT2D eigenvalue weighted by Gasteiger charge is -2.36. The van der Waals surface area contributed by atoms with Crippen molar-refractivity contribution in [3.63, 3.8) is 0 Å². The summed E-state index contributed by atoms with van der Waals surface area (Å²) in [7, 11) is 4.35. The largest absolute Gasteiger partial charge is 0.382 e. The molecule has 1 saturated carbocycles. The van der Waals surface area contributed by atoms with Crippen molar-refractivity contribution in [2.45, 2.75) is 83.8 Å². The molecule has 1 amide bonds. The number of amides is 1. The van der Waals surface area contributed by atoms with Crippen molar-refractivity contribution in [1.29, 1.82) is 0 Å². The number of hydrogen-bond donors (Lipinski definition) is 3. The van der Waals surface area contributed by atoms with Gasteiger partial charge in [0, 0.05) is 46.0 Å². The minimum Gasteiger partial charge on any atom is -0.382 e. The number of aromatic nitrogens is 1. The molecule has 1 heterocycles. The number of carbonyl (C=O) groups excluding carboxylic acids is 1. The molecule has 35 heavy (non-hydrogen) atoms. The molecule has 1 unspecified atom stereocenters. The third-order valence-corrected chi connectivity index (χ3v) is 8.28. The maximum atomic E-state index is 13.3. The third kappa shape index (κ3) is 6.91. The molecule has 3 rings (SSSR count). The van der Waals surface area contributed by atoms with E-state index < -0.39 is 0 Å². The zero-order valence-corrected chi connectivity index (χ0v) is 23.2. The first-order valence-corrected chi connectivity index (χ1v) is 13.8. The van der Waals surface area contributed by atoms with Gasteiger partial charge in [-0.3, -0.25) is 9.59 Å². The summed E-state index contributed by atoms with van der Waals surface area (Å²) in [5.74, 6) is 1.41. The number of benzene rings is 1. The predicted molar refractivity (Wildman–Crippen MR) is 148 cm³/mol. The number of thioether (sulfide) groups is 1. The Labute approximate surface area is 214 Å². The molecule has 1 fully saturated rings. The van der Waals surface area contributed by atoms with E-state index in [9.17, 15) is 9.59 Å². The second-order valence-electron chi connectivity index (χ2n) is 10.2. The number of aryl methyl sites for hydroxylation is 2. The van der Waals surface area contributed by atoms with E-state index in [1.807, 2.05) is 32.9 Å². The number of H-pyrrole nitrogens is 1. The van der Waals surface area contributed by atoms with E-state index in [2.05, 4.69) is 54.5 Å². The number of anilines is 1. The first-order valence-electron chi connectivity index (χ1n) is 12.8. The van der Waals surface area contributed by atoms with Gasteiger partial charge in [-0.25, -0.2) is 0 Å². The van der Waals surface area contributed by atoms with Crippen LogP contribution in [0, 0.1) is 26.7 Å². The van der Waals surface area contributed by atoms with E-state index in [0.717, 1.165) is 33.2 Å². The molecule has 1 aromatic heterocycles. The van der Waals surface area contributed by atoms with Crippen molar-refractivity contribution in [3.8, 4) is 0 Å². The molecule has 1 aliphatic rings. The molecule has 7 heteroatoms. The summed E-state index contributed by atoms with van der Waals surface area (Å²) in [5.41, 5.74) is 4.81. The topological polar surface area (TPSA) is 77.2 Å². The molecule has 0 bridgehead atoms. The normalized spacial score (nSPS) is 19.0. The van der Waals surface area contributed by atoms with Gasteiger partial charge in [-0.15, -0.1) is 11.8 Å². The zero-order chi connectivity index (χ0) is 25.7. The Morgan fingerprint density at radius 3 is 2.43 bits per heavy atom. The summed E-state index contributed by atoms with van der Waals surface area (Å²) in [6.07, 6.45) is 4.91. The standard InChI is InChI=1S/C28H42N4O2S/c1-8-35-23-14-24(27(33)29-16-25-17(2)13-18(3)30-28(25)34)19(4)26(15-23)31-20(5)21-9-11-22(12-10-21)32(6)7/h13-15,20-22,31H,8-12,16H2,1-7H3,(H,29,33)(H,30,34). The van der Waals surface area contributed by atoms with E-state index in [1.54, 1.807) is 11.8 Å². The number of nitrogens with zero attached hydrogens (tertiary/aromatic N) is 1. The molecule has 0 radical (unpaired) electrons. The van der Waals surface area contributed by atoms with Crippen molar-refractivity contribution in [2.24, 2.45) is 5.92 Å². The zero-order valence-electron chi connectivity index (χ0n) is 22.4. The van der Waals surface area contributed by atoms with Gasteiger partial charge in [0.1, 0.15) is 0 Å². The van der Waals surface area contributed by atoms with Crippen LogP contribution in [-0.4, -0.2) is 47.7 Å². The van der Waals surface area contributed by atoms with Gasteiger partial charge >= 0.3 is 0 Å². The van der Waals surface area contributed by atoms with Crippen molar-refractivity contribution < 1.29 is 4.79 Å². The number of nitrogens with one attached hydrogen (secondary N) is 3. The van der Waals surface area contributed by atoms with Gasteiger partial charge in [-0.2, -0.15) is 0 Å². The van der Waals surface area contributed by atoms with Crippen LogP contribution in [0.5, 0.6) is 0 Å². The highest BCUT2D eigenvalue weighted by Crippen LogP contribution is 2.33. The molecule has 3 N–H and O–H groups in total. The first-order chi connectivity index (χ1) is 16.6. The molecular formula is C28H42N4O2S. The molecule has 1 atom stereocenters. The summed E-state index contributed by atoms with van der Waals surface area (Å²) in [6.45, 7) is 10.4. The summed E-state index contributed by atoms with van der Waals surface area (Å²) >= 11 is 1.74. The van der Waals surface area contributed by atoms with Gasteiger partial charge in [0.25, 0.3) is 11.5 Å². The molecule has 0 aliphatic heterocycles. The lowest BCUT2D eigenvalue weighted by Crippen LogP contribution is -2.36. The fourth-order valence-electron chi connectivity index (χ4n) is 5.17. The maximum Gasteiger partial charge on any atom is 0.253 e. The Bertz CT molecular complexity index is 1090. The van der Waals surface area contributed by atoms with Crippen LogP contribution in [0.2, 0.25) is 0 Å². The second kappa shape index (κ2) is 12.1. The van der Waals surface area contributed by atoms with Gasteiger partial charge in [0.05, 0.1) is 0 Å². The minimum atomic E-state index is -0.150. The number of carbonyl (C=O) groups is 1. The van der Waals surface area contributed by atoms with Crippen molar-refractivity contribution in [2.75, 3.05) is 25.2 Å². The van der Waals surface area contributed by atoms with Gasteiger partial charge in [-0.05, 0) is 108 Å². The Hall–Kier alpha value is -2.25. The van der Waals surface area contributed by atoms with Crippen molar-refractivity contribution >= 4 is 23.4 Å². The van der Waals surface area contributed by atoms with E-state index in [0.29, 0.717) is 29.1 Å². The SMILES string of the molecule is CCSc1cc(NC(C)C2CCC(N(C)C)CC2)c(C)c(C(=O)NCc2c(C)cc(C)[nH]c2=O)c1. The molecule has 1 aromatic carbocycles. The number of rotatable bonds is 9. The number of pyridine rings is 1.